The zero-order valence-corrected chi connectivity index (χ0v) is 8.03. The van der Waals surface area contributed by atoms with E-state index in [2.05, 4.69) is 19.1 Å². The summed E-state index contributed by atoms with van der Waals surface area (Å²) in [6.45, 7) is 3.65. The van der Waals surface area contributed by atoms with Gasteiger partial charge in [0.2, 0.25) is 0 Å². The molecule has 72 valence electrons. The summed E-state index contributed by atoms with van der Waals surface area (Å²) >= 11 is 0. The van der Waals surface area contributed by atoms with Crippen LogP contribution in [-0.4, -0.2) is 19.0 Å². The monoisotopic (exact) mass is 180 g/mol. The van der Waals surface area contributed by atoms with Crippen LogP contribution in [0.3, 0.4) is 0 Å². The van der Waals surface area contributed by atoms with Gasteiger partial charge in [-0.1, -0.05) is 12.2 Å². The Morgan fingerprint density at radius 1 is 1.15 bits per heavy atom. The highest BCUT2D eigenvalue weighted by molar-refractivity contribution is 5.12. The van der Waals surface area contributed by atoms with Crippen LogP contribution in [0.2, 0.25) is 0 Å². The minimum absolute atomic E-state index is 0.274. The molecular weight excluding hydrogens is 164 g/mol. The SMILES string of the molecule is CC1([C@@H]2C[C@@H]3C=C[C@H]2C3)OCCO1. The van der Waals surface area contributed by atoms with E-state index < -0.39 is 0 Å². The summed E-state index contributed by atoms with van der Waals surface area (Å²) in [6.07, 6.45) is 7.30. The van der Waals surface area contributed by atoms with Crippen molar-refractivity contribution in [1.82, 2.24) is 0 Å². The molecule has 0 aromatic carbocycles. The molecular formula is C11H16O2. The zero-order valence-electron chi connectivity index (χ0n) is 8.03. The molecule has 0 amide bonds. The number of rotatable bonds is 1. The molecule has 0 spiro atoms. The maximum absolute atomic E-state index is 5.72. The lowest BCUT2D eigenvalue weighted by atomic mass is 9.86. The highest BCUT2D eigenvalue weighted by atomic mass is 16.7. The van der Waals surface area contributed by atoms with Gasteiger partial charge in [0.25, 0.3) is 0 Å². The fraction of sp³-hybridized carbons (Fsp3) is 0.818. The Kier molecular flexibility index (Phi) is 1.59. The van der Waals surface area contributed by atoms with Crippen LogP contribution in [0.15, 0.2) is 12.2 Å². The van der Waals surface area contributed by atoms with Crippen LogP contribution < -0.4 is 0 Å². The Balaban J connectivity index is 1.82. The third-order valence-electron chi connectivity index (χ3n) is 3.81. The fourth-order valence-electron chi connectivity index (χ4n) is 3.13. The van der Waals surface area contributed by atoms with Crippen molar-refractivity contribution in [1.29, 1.82) is 0 Å². The van der Waals surface area contributed by atoms with Crippen LogP contribution in [0.25, 0.3) is 0 Å². The second kappa shape index (κ2) is 2.58. The maximum Gasteiger partial charge on any atom is 0.169 e. The molecule has 3 aliphatic rings. The number of hydrogen-bond acceptors (Lipinski definition) is 2. The second-order valence-electron chi connectivity index (χ2n) is 4.60. The molecule has 13 heavy (non-hydrogen) atoms. The van der Waals surface area contributed by atoms with Gasteiger partial charge < -0.3 is 9.47 Å². The molecule has 0 aromatic rings. The predicted molar refractivity (Wildman–Crippen MR) is 49.2 cm³/mol. The topological polar surface area (TPSA) is 18.5 Å². The molecule has 1 saturated heterocycles. The Hall–Kier alpha value is -0.340. The molecule has 0 unspecified atom stereocenters. The Bertz CT molecular complexity index is 240. The smallest absolute Gasteiger partial charge is 0.169 e. The van der Waals surface area contributed by atoms with Crippen LogP contribution in [0.4, 0.5) is 0 Å². The molecule has 2 heteroatoms. The molecule has 3 rings (SSSR count). The van der Waals surface area contributed by atoms with E-state index in [4.69, 9.17) is 9.47 Å². The molecule has 2 fully saturated rings. The molecule has 3 atom stereocenters. The van der Waals surface area contributed by atoms with Crippen molar-refractivity contribution in [3.8, 4) is 0 Å². The first-order valence-electron chi connectivity index (χ1n) is 5.24. The van der Waals surface area contributed by atoms with Gasteiger partial charge in [-0.25, -0.2) is 0 Å². The average molecular weight is 180 g/mol. The van der Waals surface area contributed by atoms with Gasteiger partial charge in [0, 0.05) is 5.92 Å². The van der Waals surface area contributed by atoms with Crippen molar-refractivity contribution < 1.29 is 9.47 Å². The molecule has 1 heterocycles. The van der Waals surface area contributed by atoms with E-state index in [1.807, 2.05) is 0 Å². The quantitative estimate of drug-likeness (QED) is 0.574. The molecule has 0 radical (unpaired) electrons. The number of allylic oxidation sites excluding steroid dienone is 2. The summed E-state index contributed by atoms with van der Waals surface area (Å²) in [5.74, 6) is 1.85. The Labute approximate surface area is 78.9 Å². The van der Waals surface area contributed by atoms with Gasteiger partial charge in [0.1, 0.15) is 0 Å². The van der Waals surface area contributed by atoms with Gasteiger partial charge in [-0.3, -0.25) is 0 Å². The van der Waals surface area contributed by atoms with E-state index in [0.717, 1.165) is 19.1 Å². The van der Waals surface area contributed by atoms with Gasteiger partial charge in [-0.05, 0) is 31.6 Å². The minimum Gasteiger partial charge on any atom is -0.348 e. The lowest BCUT2D eigenvalue weighted by Gasteiger charge is -2.33. The number of fused-ring (bicyclic) bond motifs is 2. The van der Waals surface area contributed by atoms with Crippen LogP contribution in [-0.2, 0) is 9.47 Å². The molecule has 0 aromatic heterocycles. The normalized spacial score (nSPS) is 46.1. The Morgan fingerprint density at radius 3 is 2.46 bits per heavy atom. The van der Waals surface area contributed by atoms with Gasteiger partial charge in [0.05, 0.1) is 13.2 Å². The standard InChI is InChI=1S/C11H16O2/c1-11(12-4-5-13-11)10-7-8-2-3-9(10)6-8/h2-3,8-10H,4-7H2,1H3/t8-,9+,10-/m1/s1. The number of ether oxygens (including phenoxy) is 2. The Morgan fingerprint density at radius 2 is 1.92 bits per heavy atom. The summed E-state index contributed by atoms with van der Waals surface area (Å²) in [6, 6.07) is 0. The number of hydrogen-bond donors (Lipinski definition) is 0. The third-order valence-corrected chi connectivity index (χ3v) is 3.81. The largest absolute Gasteiger partial charge is 0.348 e. The van der Waals surface area contributed by atoms with Gasteiger partial charge in [0.15, 0.2) is 5.79 Å². The van der Waals surface area contributed by atoms with Crippen molar-refractivity contribution in [2.45, 2.75) is 25.6 Å². The minimum atomic E-state index is -0.274. The van der Waals surface area contributed by atoms with Crippen LogP contribution >= 0.6 is 0 Å². The average Bonchev–Trinajstić information content (AvgIpc) is 2.77. The predicted octanol–water partition coefficient (Wildman–Crippen LogP) is 1.96. The van der Waals surface area contributed by atoms with Crippen molar-refractivity contribution in [3.05, 3.63) is 12.2 Å². The van der Waals surface area contributed by atoms with E-state index in [9.17, 15) is 0 Å². The maximum atomic E-state index is 5.72. The second-order valence-corrected chi connectivity index (χ2v) is 4.60. The first kappa shape index (κ1) is 8.01. The van der Waals surface area contributed by atoms with E-state index >= 15 is 0 Å². The highest BCUT2D eigenvalue weighted by Crippen LogP contribution is 2.50. The van der Waals surface area contributed by atoms with Crippen LogP contribution in [0.5, 0.6) is 0 Å². The summed E-state index contributed by atoms with van der Waals surface area (Å²) in [5.41, 5.74) is 0. The molecule has 0 N–H and O–H groups in total. The van der Waals surface area contributed by atoms with Gasteiger partial charge in [-0.2, -0.15) is 0 Å². The van der Waals surface area contributed by atoms with E-state index in [1.54, 1.807) is 0 Å². The van der Waals surface area contributed by atoms with Crippen molar-refractivity contribution >= 4 is 0 Å². The summed E-state index contributed by atoms with van der Waals surface area (Å²) in [7, 11) is 0. The van der Waals surface area contributed by atoms with Gasteiger partial charge >= 0.3 is 0 Å². The van der Waals surface area contributed by atoms with Crippen LogP contribution in [0.1, 0.15) is 19.8 Å². The third kappa shape index (κ3) is 1.09. The lowest BCUT2D eigenvalue weighted by molar-refractivity contribution is -0.186. The fourth-order valence-corrected chi connectivity index (χ4v) is 3.13. The van der Waals surface area contributed by atoms with E-state index in [0.29, 0.717) is 11.8 Å². The summed E-state index contributed by atoms with van der Waals surface area (Å²) < 4.78 is 11.4. The molecule has 1 saturated carbocycles. The summed E-state index contributed by atoms with van der Waals surface area (Å²) in [5, 5.41) is 0. The van der Waals surface area contributed by atoms with Crippen molar-refractivity contribution in [3.63, 3.8) is 0 Å². The lowest BCUT2D eigenvalue weighted by Crippen LogP contribution is -2.38. The molecule has 2 aliphatic carbocycles. The first-order chi connectivity index (χ1) is 6.28. The summed E-state index contributed by atoms with van der Waals surface area (Å²) in [4.78, 5) is 0. The van der Waals surface area contributed by atoms with E-state index in [1.165, 1.54) is 12.8 Å². The van der Waals surface area contributed by atoms with Crippen molar-refractivity contribution in [2.75, 3.05) is 13.2 Å². The first-order valence-corrected chi connectivity index (χ1v) is 5.24. The molecule has 2 nitrogen and oxygen atoms in total. The van der Waals surface area contributed by atoms with Gasteiger partial charge in [-0.15, -0.1) is 0 Å². The van der Waals surface area contributed by atoms with E-state index in [-0.39, 0.29) is 5.79 Å². The highest BCUT2D eigenvalue weighted by Gasteiger charge is 2.49. The van der Waals surface area contributed by atoms with Crippen molar-refractivity contribution in [2.24, 2.45) is 17.8 Å². The van der Waals surface area contributed by atoms with Crippen LogP contribution in [0, 0.1) is 17.8 Å². The molecule has 1 aliphatic heterocycles. The molecule has 2 bridgehead atoms. The zero-order chi connectivity index (χ0) is 8.89.